The summed E-state index contributed by atoms with van der Waals surface area (Å²) in [4.78, 5) is 0. The molecule has 0 amide bonds. The van der Waals surface area contributed by atoms with Crippen LogP contribution in [0, 0.1) is 5.92 Å². The van der Waals surface area contributed by atoms with Crippen LogP contribution >= 0.6 is 0 Å². The number of aliphatic hydroxyl groups excluding tert-OH is 1. The van der Waals surface area contributed by atoms with Gasteiger partial charge in [0.25, 0.3) is 0 Å². The van der Waals surface area contributed by atoms with E-state index in [1.54, 1.807) is 0 Å². The van der Waals surface area contributed by atoms with Crippen LogP contribution in [0.25, 0.3) is 0 Å². The molecule has 0 aliphatic heterocycles. The van der Waals surface area contributed by atoms with E-state index in [9.17, 15) is 5.11 Å². The van der Waals surface area contributed by atoms with E-state index >= 15 is 0 Å². The zero-order valence-electron chi connectivity index (χ0n) is 10.3. The highest BCUT2D eigenvalue weighted by molar-refractivity contribution is 5.27. The Morgan fingerprint density at radius 3 is 2.75 bits per heavy atom. The lowest BCUT2D eigenvalue weighted by atomic mass is 9.93. The lowest BCUT2D eigenvalue weighted by molar-refractivity contribution is 0.181. The summed E-state index contributed by atoms with van der Waals surface area (Å²) >= 11 is 0. The minimum absolute atomic E-state index is 0.0706. The molecule has 1 aromatic carbocycles. The van der Waals surface area contributed by atoms with Gasteiger partial charge in [0, 0.05) is 0 Å². The van der Waals surface area contributed by atoms with Crippen molar-refractivity contribution in [3.05, 3.63) is 35.4 Å². The van der Waals surface area contributed by atoms with Gasteiger partial charge < -0.3 is 5.11 Å². The molecule has 2 atom stereocenters. The summed E-state index contributed by atoms with van der Waals surface area (Å²) in [6.45, 7) is 4.51. The first kappa shape index (κ1) is 11.7. The molecule has 1 aliphatic carbocycles. The van der Waals surface area contributed by atoms with E-state index in [0.29, 0.717) is 11.8 Å². The highest BCUT2D eigenvalue weighted by Gasteiger charge is 2.24. The minimum Gasteiger partial charge on any atom is -0.393 e. The van der Waals surface area contributed by atoms with Crippen LogP contribution in [0.1, 0.15) is 50.2 Å². The lowest BCUT2D eigenvalue weighted by Crippen LogP contribution is -2.00. The smallest absolute Gasteiger partial charge is 0.0546 e. The van der Waals surface area contributed by atoms with Crippen LogP contribution < -0.4 is 0 Å². The number of rotatable bonds is 3. The Balaban J connectivity index is 2.09. The molecule has 2 unspecified atom stereocenters. The molecule has 88 valence electrons. The molecule has 1 N–H and O–H groups in total. The maximum atomic E-state index is 9.58. The standard InChI is InChI=1S/C15H22O/c1-11(2)8-12-4-3-5-13(9-12)14-6-7-15(16)10-14/h3-5,9,11,14-16H,6-8,10H2,1-2H3. The van der Waals surface area contributed by atoms with Crippen molar-refractivity contribution >= 4 is 0 Å². The molecule has 1 fully saturated rings. The van der Waals surface area contributed by atoms with E-state index < -0.39 is 0 Å². The molecule has 2 rings (SSSR count). The van der Waals surface area contributed by atoms with Gasteiger partial charge in [-0.25, -0.2) is 0 Å². The van der Waals surface area contributed by atoms with E-state index in [4.69, 9.17) is 0 Å². The number of hydrogen-bond acceptors (Lipinski definition) is 1. The molecule has 1 aromatic rings. The van der Waals surface area contributed by atoms with Gasteiger partial charge in [0.2, 0.25) is 0 Å². The van der Waals surface area contributed by atoms with Gasteiger partial charge in [-0.3, -0.25) is 0 Å². The Bertz CT molecular complexity index is 343. The normalized spacial score (nSPS) is 25.2. The molecule has 0 heterocycles. The maximum Gasteiger partial charge on any atom is 0.0546 e. The summed E-state index contributed by atoms with van der Waals surface area (Å²) in [7, 11) is 0. The zero-order chi connectivity index (χ0) is 11.5. The van der Waals surface area contributed by atoms with Gasteiger partial charge in [0.1, 0.15) is 0 Å². The second kappa shape index (κ2) is 5.01. The monoisotopic (exact) mass is 218 g/mol. The predicted octanol–water partition coefficient (Wildman–Crippen LogP) is 3.51. The van der Waals surface area contributed by atoms with E-state index in [2.05, 4.69) is 38.1 Å². The van der Waals surface area contributed by atoms with Gasteiger partial charge >= 0.3 is 0 Å². The third-order valence-corrected chi connectivity index (χ3v) is 3.47. The molecule has 0 aromatic heterocycles. The molecule has 0 bridgehead atoms. The minimum atomic E-state index is -0.0706. The van der Waals surface area contributed by atoms with Crippen molar-refractivity contribution < 1.29 is 5.11 Å². The summed E-state index contributed by atoms with van der Waals surface area (Å²) in [6.07, 6.45) is 4.15. The fourth-order valence-electron chi connectivity index (χ4n) is 2.71. The van der Waals surface area contributed by atoms with Crippen molar-refractivity contribution in [2.75, 3.05) is 0 Å². The van der Waals surface area contributed by atoms with Crippen LogP contribution in [0.4, 0.5) is 0 Å². The number of aliphatic hydroxyl groups is 1. The van der Waals surface area contributed by atoms with Crippen LogP contribution in [0.5, 0.6) is 0 Å². The molecule has 1 saturated carbocycles. The summed E-state index contributed by atoms with van der Waals surface area (Å²) in [6, 6.07) is 8.93. The summed E-state index contributed by atoms with van der Waals surface area (Å²) in [5.41, 5.74) is 2.86. The average molecular weight is 218 g/mol. The van der Waals surface area contributed by atoms with Gasteiger partial charge in [-0.1, -0.05) is 38.1 Å². The second-order valence-corrected chi connectivity index (χ2v) is 5.51. The highest BCUT2D eigenvalue weighted by Crippen LogP contribution is 2.34. The molecular weight excluding hydrogens is 196 g/mol. The van der Waals surface area contributed by atoms with Crippen LogP contribution in [0.3, 0.4) is 0 Å². The summed E-state index contributed by atoms with van der Waals surface area (Å²) < 4.78 is 0. The largest absolute Gasteiger partial charge is 0.393 e. The van der Waals surface area contributed by atoms with E-state index in [0.717, 1.165) is 25.7 Å². The molecular formula is C15H22O. The molecule has 0 spiro atoms. The lowest BCUT2D eigenvalue weighted by Gasteiger charge is -2.12. The third kappa shape index (κ3) is 2.85. The molecule has 0 radical (unpaired) electrons. The van der Waals surface area contributed by atoms with Crippen molar-refractivity contribution in [2.45, 2.75) is 51.6 Å². The van der Waals surface area contributed by atoms with Crippen molar-refractivity contribution in [3.8, 4) is 0 Å². The fraction of sp³-hybridized carbons (Fsp3) is 0.600. The first-order valence-electron chi connectivity index (χ1n) is 6.42. The SMILES string of the molecule is CC(C)Cc1cccc(C2CCC(O)C2)c1. The van der Waals surface area contributed by atoms with Crippen molar-refractivity contribution in [1.82, 2.24) is 0 Å². The Kier molecular flexibility index (Phi) is 3.65. The molecule has 1 heteroatoms. The molecule has 16 heavy (non-hydrogen) atoms. The Morgan fingerprint density at radius 1 is 1.31 bits per heavy atom. The van der Waals surface area contributed by atoms with Gasteiger partial charge in [-0.15, -0.1) is 0 Å². The van der Waals surface area contributed by atoms with E-state index in [1.807, 2.05) is 0 Å². The average Bonchev–Trinajstić information content (AvgIpc) is 2.64. The van der Waals surface area contributed by atoms with Crippen LogP contribution in [0.15, 0.2) is 24.3 Å². The Labute approximate surface area is 98.5 Å². The Hall–Kier alpha value is -0.820. The maximum absolute atomic E-state index is 9.58. The molecule has 1 nitrogen and oxygen atoms in total. The zero-order valence-corrected chi connectivity index (χ0v) is 10.3. The predicted molar refractivity (Wildman–Crippen MR) is 67.6 cm³/mol. The van der Waals surface area contributed by atoms with Crippen LogP contribution in [-0.4, -0.2) is 11.2 Å². The van der Waals surface area contributed by atoms with Gasteiger partial charge in [0.15, 0.2) is 0 Å². The first-order valence-corrected chi connectivity index (χ1v) is 6.42. The van der Waals surface area contributed by atoms with E-state index in [1.165, 1.54) is 11.1 Å². The third-order valence-electron chi connectivity index (χ3n) is 3.47. The number of benzene rings is 1. The van der Waals surface area contributed by atoms with Crippen molar-refractivity contribution in [1.29, 1.82) is 0 Å². The van der Waals surface area contributed by atoms with Gasteiger partial charge in [-0.2, -0.15) is 0 Å². The van der Waals surface area contributed by atoms with Crippen molar-refractivity contribution in [2.24, 2.45) is 5.92 Å². The second-order valence-electron chi connectivity index (χ2n) is 5.51. The fourth-order valence-corrected chi connectivity index (χ4v) is 2.71. The Morgan fingerprint density at radius 2 is 2.12 bits per heavy atom. The quantitative estimate of drug-likeness (QED) is 0.823. The topological polar surface area (TPSA) is 20.2 Å². The van der Waals surface area contributed by atoms with Gasteiger partial charge in [0.05, 0.1) is 6.10 Å². The number of hydrogen-bond donors (Lipinski definition) is 1. The van der Waals surface area contributed by atoms with E-state index in [-0.39, 0.29) is 6.10 Å². The highest BCUT2D eigenvalue weighted by atomic mass is 16.3. The molecule has 0 saturated heterocycles. The molecule has 1 aliphatic rings. The van der Waals surface area contributed by atoms with Crippen LogP contribution in [0.2, 0.25) is 0 Å². The van der Waals surface area contributed by atoms with Crippen LogP contribution in [-0.2, 0) is 6.42 Å². The summed E-state index contributed by atoms with van der Waals surface area (Å²) in [5.74, 6) is 1.30. The van der Waals surface area contributed by atoms with Crippen molar-refractivity contribution in [3.63, 3.8) is 0 Å². The summed E-state index contributed by atoms with van der Waals surface area (Å²) in [5, 5.41) is 9.58. The first-order chi connectivity index (χ1) is 7.65. The van der Waals surface area contributed by atoms with Gasteiger partial charge in [-0.05, 0) is 48.6 Å².